The number of methoxy groups -OCH3 is 1. The number of hydrogen-bond donors (Lipinski definition) is 4. The molecule has 3 aromatic carbocycles. The van der Waals surface area contributed by atoms with Crippen molar-refractivity contribution < 1.29 is 41.6 Å². The summed E-state index contributed by atoms with van der Waals surface area (Å²) < 4.78 is 59.7. The van der Waals surface area contributed by atoms with Crippen LogP contribution in [0.2, 0.25) is 5.02 Å². The van der Waals surface area contributed by atoms with E-state index in [2.05, 4.69) is 50.8 Å². The molecule has 3 heterocycles. The summed E-state index contributed by atoms with van der Waals surface area (Å²) in [6.45, 7) is 10.6. The molecule has 67 heavy (non-hydrogen) atoms. The van der Waals surface area contributed by atoms with Crippen molar-refractivity contribution in [2.75, 3.05) is 56.6 Å². The number of aryl methyl sites for hydroxylation is 1. The Balaban J connectivity index is 1.02. The summed E-state index contributed by atoms with van der Waals surface area (Å²) in [6, 6.07) is 21.3. The number of nitrogens with one attached hydrogen (secondary N) is 2. The van der Waals surface area contributed by atoms with E-state index in [1.807, 2.05) is 19.1 Å². The quantitative estimate of drug-likeness (QED) is 0.0687. The van der Waals surface area contributed by atoms with Gasteiger partial charge >= 0.3 is 7.82 Å². The van der Waals surface area contributed by atoms with Crippen LogP contribution in [0.25, 0.3) is 17.0 Å². The van der Waals surface area contributed by atoms with Gasteiger partial charge in [0.2, 0.25) is 0 Å². The molecule has 0 radical (unpaired) electrons. The third-order valence-electron chi connectivity index (χ3n) is 13.3. The molecule has 1 saturated carbocycles. The van der Waals surface area contributed by atoms with E-state index < -0.39 is 30.5 Å². The highest BCUT2D eigenvalue weighted by Gasteiger charge is 2.31. The van der Waals surface area contributed by atoms with E-state index in [9.17, 15) is 27.6 Å². The fraction of sp³-hybridized carbons (Fsp3) is 0.429. The molecule has 0 spiro atoms. The number of allylic oxidation sites excluding steroid dienone is 1. The van der Waals surface area contributed by atoms with Gasteiger partial charge in [-0.05, 0) is 134 Å². The Morgan fingerprint density at radius 3 is 2.40 bits per heavy atom. The number of anilines is 2. The van der Waals surface area contributed by atoms with Crippen molar-refractivity contribution in [1.82, 2.24) is 19.2 Å². The van der Waals surface area contributed by atoms with Crippen LogP contribution in [0, 0.1) is 18.3 Å². The van der Waals surface area contributed by atoms with Gasteiger partial charge in [0.25, 0.3) is 15.9 Å². The van der Waals surface area contributed by atoms with Gasteiger partial charge in [0.1, 0.15) is 24.1 Å². The fourth-order valence-electron chi connectivity index (χ4n) is 9.46. The third-order valence-corrected chi connectivity index (χ3v) is 15.4. The monoisotopic (exact) mass is 974 g/mol. The van der Waals surface area contributed by atoms with Gasteiger partial charge in [-0.1, -0.05) is 43.2 Å². The first-order valence-electron chi connectivity index (χ1n) is 22.8. The van der Waals surface area contributed by atoms with Gasteiger partial charge in [0.05, 0.1) is 22.8 Å². The molecule has 2 aliphatic carbocycles. The summed E-state index contributed by atoms with van der Waals surface area (Å²) in [6.07, 6.45) is 10.6. The topological polar surface area (TPSA) is 185 Å². The van der Waals surface area contributed by atoms with Crippen molar-refractivity contribution in [3.05, 3.63) is 112 Å². The maximum absolute atomic E-state index is 14.1. The molecule has 5 aliphatic rings. The van der Waals surface area contributed by atoms with Crippen LogP contribution in [0.5, 0.6) is 11.5 Å². The Hall–Kier alpha value is -4.77. The number of sulfonamides is 1. The first-order chi connectivity index (χ1) is 31.9. The van der Waals surface area contributed by atoms with Crippen molar-refractivity contribution in [3.63, 3.8) is 0 Å². The Labute approximate surface area is 398 Å². The number of aromatic nitrogens is 2. The number of fused-ring (bicyclic) bond motifs is 1. The largest absolute Gasteiger partial charge is 0.471 e. The third kappa shape index (κ3) is 12.3. The van der Waals surface area contributed by atoms with Crippen LogP contribution in [0.1, 0.15) is 80.3 Å². The number of phosphoric ester groups is 1. The molecule has 0 atom stereocenters. The van der Waals surface area contributed by atoms with Crippen molar-refractivity contribution in [1.29, 1.82) is 0 Å². The molecule has 1 saturated heterocycles. The lowest BCUT2D eigenvalue weighted by Crippen LogP contribution is -2.47. The van der Waals surface area contributed by atoms with Gasteiger partial charge in [-0.25, -0.2) is 22.7 Å². The van der Waals surface area contributed by atoms with Crippen LogP contribution in [-0.4, -0.2) is 91.0 Å². The maximum atomic E-state index is 14.1. The first-order valence-corrected chi connectivity index (χ1v) is 26.2. The number of benzene rings is 3. The zero-order chi connectivity index (χ0) is 47.5. The second-order valence-electron chi connectivity index (χ2n) is 18.8. The average molecular weight is 976 g/mol. The van der Waals surface area contributed by atoms with E-state index in [0.717, 1.165) is 93.1 Å². The number of piperazine rings is 1. The Morgan fingerprint density at radius 1 is 0.955 bits per heavy atom. The molecule has 1 amide bonds. The van der Waals surface area contributed by atoms with E-state index in [-0.39, 0.29) is 27.4 Å². The van der Waals surface area contributed by atoms with Crippen LogP contribution in [0.15, 0.2) is 95.7 Å². The van der Waals surface area contributed by atoms with Gasteiger partial charge in [0.15, 0.2) is 0 Å². The molecule has 4 N–H and O–H groups in total. The van der Waals surface area contributed by atoms with Gasteiger partial charge in [-0.3, -0.25) is 14.2 Å². The van der Waals surface area contributed by atoms with Gasteiger partial charge in [0, 0.05) is 80.6 Å². The molecule has 2 fully saturated rings. The predicted octanol–water partition coefficient (Wildman–Crippen LogP) is 9.33. The van der Waals surface area contributed by atoms with E-state index >= 15 is 0 Å². The molecular formula is C49H60ClN6O9PS. The van der Waals surface area contributed by atoms with Crippen molar-refractivity contribution >= 4 is 52.3 Å². The number of carbonyl (C=O) groups excluding carboxylic acids is 1. The molecule has 358 valence electrons. The zero-order valence-corrected chi connectivity index (χ0v) is 40.9. The predicted molar refractivity (Wildman–Crippen MR) is 260 cm³/mol. The fourth-order valence-corrected chi connectivity index (χ4v) is 10.9. The highest BCUT2D eigenvalue weighted by Crippen LogP contribution is 2.44. The van der Waals surface area contributed by atoms with Crippen LogP contribution in [0.3, 0.4) is 0 Å². The van der Waals surface area contributed by atoms with Crippen molar-refractivity contribution in [2.45, 2.75) is 83.4 Å². The standard InChI is InChI=1S/C49H60ClN6O9PS/c1-33-25-42(14-16-45(33)52-29-34-5-12-40(63-4)13-6-34)67(61,62)53-48(57)43-15-11-39(27-46(43)65-41-26-36-18-20-51-47(36)56(31-41)32-64-66(58,59)60)55-23-21-54(22-24-55)30-37-17-19-49(2,3)28-44(37)35-7-9-38(50)10-8-35/h7-11,14-16,18,20,25-27,31,34,40,52H,5-6,12-13,17,19,21-24,28-30,32H2,1-4H3,(H,53,57)(H2,58,59,60)/t34-,40-. The molecule has 3 aliphatic heterocycles. The number of rotatable bonds is 16. The number of ether oxygens (including phenoxy) is 2. The second-order valence-corrected chi connectivity index (χ2v) is 22.1. The zero-order valence-electron chi connectivity index (χ0n) is 38.4. The summed E-state index contributed by atoms with van der Waals surface area (Å²) in [5, 5.41) is 4.20. The SMILES string of the molecule is CO[C@H]1CC[C@H](CNc2ccc(S(=O)(=O)NC(=O)c3ccc(N4CCN(CC5=C(c6ccc(Cl)cc6)CC(C)(C)CC5)CC4)cc3Oc3cc4ccnc-4n(COP(=O)(O)O)c3)cc2C)CC1. The summed E-state index contributed by atoms with van der Waals surface area (Å²) >= 11 is 6.26. The van der Waals surface area contributed by atoms with Crippen LogP contribution in [0.4, 0.5) is 11.4 Å². The molecule has 0 unspecified atom stereocenters. The molecule has 18 heteroatoms. The normalized spacial score (nSPS) is 19.4. The molecule has 3 aromatic rings. The van der Waals surface area contributed by atoms with Crippen LogP contribution < -0.4 is 19.7 Å². The number of amides is 1. The maximum Gasteiger partial charge on any atom is 0.471 e. The van der Waals surface area contributed by atoms with Gasteiger partial charge in [-0.15, -0.1) is 0 Å². The van der Waals surface area contributed by atoms with Crippen LogP contribution >= 0.6 is 19.4 Å². The molecule has 0 aromatic heterocycles. The second kappa shape index (κ2) is 20.4. The van der Waals surface area contributed by atoms with E-state index in [1.165, 1.54) is 39.7 Å². The lowest BCUT2D eigenvalue weighted by molar-refractivity contribution is 0.0585. The summed E-state index contributed by atoms with van der Waals surface area (Å²) in [5.41, 5.74) is 7.14. The number of pyridine rings is 1. The summed E-state index contributed by atoms with van der Waals surface area (Å²) in [4.78, 5) is 41.9. The van der Waals surface area contributed by atoms with Crippen molar-refractivity contribution in [2.24, 2.45) is 11.3 Å². The highest BCUT2D eigenvalue weighted by molar-refractivity contribution is 7.90. The minimum absolute atomic E-state index is 0.0372. The summed E-state index contributed by atoms with van der Waals surface area (Å²) in [5.74, 6) is 0.253. The lowest BCUT2D eigenvalue weighted by Gasteiger charge is -2.39. The molecule has 15 nitrogen and oxygen atoms in total. The van der Waals surface area contributed by atoms with Gasteiger partial charge < -0.3 is 34.0 Å². The van der Waals surface area contributed by atoms with Crippen molar-refractivity contribution in [3.8, 4) is 22.9 Å². The van der Waals surface area contributed by atoms with E-state index in [1.54, 1.807) is 49.6 Å². The molecule has 8 rings (SSSR count). The van der Waals surface area contributed by atoms with Crippen LogP contribution in [-0.2, 0) is 30.6 Å². The van der Waals surface area contributed by atoms with Gasteiger partial charge in [-0.2, -0.15) is 0 Å². The smallest absolute Gasteiger partial charge is 0.455 e. The Bertz CT molecular complexity index is 2720. The Kier molecular flexibility index (Phi) is 14.9. The van der Waals surface area contributed by atoms with E-state index in [4.69, 9.17) is 25.6 Å². The summed E-state index contributed by atoms with van der Waals surface area (Å²) in [7, 11) is -7.42. The van der Waals surface area contributed by atoms with E-state index in [0.29, 0.717) is 36.5 Å². The molecular weight excluding hydrogens is 915 g/mol. The average Bonchev–Trinajstić information content (AvgIpc) is 3.78. The number of halogens is 1. The number of nitrogens with zero attached hydrogens (tertiary/aromatic N) is 4. The minimum atomic E-state index is -4.84. The molecule has 0 bridgehead atoms. The Morgan fingerprint density at radius 2 is 1.70 bits per heavy atom. The number of carbonyl (C=O) groups is 1. The first kappa shape index (κ1) is 48.7. The minimum Gasteiger partial charge on any atom is -0.455 e. The number of hydrogen-bond acceptors (Lipinski definition) is 11. The lowest BCUT2D eigenvalue weighted by atomic mass is 9.72. The number of phosphoric acid groups is 1. The highest BCUT2D eigenvalue weighted by atomic mass is 35.5.